The summed E-state index contributed by atoms with van der Waals surface area (Å²) in [7, 11) is -1.65. The van der Waals surface area contributed by atoms with Gasteiger partial charge in [0.15, 0.2) is 15.8 Å². The van der Waals surface area contributed by atoms with E-state index in [0.29, 0.717) is 10.9 Å². The standard InChI is InChI=1S/C16H22BrN5O2S/c1-18-16(19-8-2-11-22-12-3-9-21-22)20-10-13-25(23,24)15-6-4-14(17)5-7-15/h3-7,9,12H,2,8,10-11,13H2,1H3,(H2,18,19,20). The maximum Gasteiger partial charge on any atom is 0.191 e. The van der Waals surface area contributed by atoms with Gasteiger partial charge in [-0.05, 0) is 36.8 Å². The molecule has 0 aliphatic rings. The average Bonchev–Trinajstić information content (AvgIpc) is 3.10. The second kappa shape index (κ2) is 9.57. The highest BCUT2D eigenvalue weighted by Gasteiger charge is 2.14. The SMILES string of the molecule is CN=C(NCCCn1cccn1)NCCS(=O)(=O)c1ccc(Br)cc1. The van der Waals surface area contributed by atoms with Crippen LogP contribution in [0.5, 0.6) is 0 Å². The molecule has 0 fully saturated rings. The lowest BCUT2D eigenvalue weighted by molar-refractivity contribution is 0.570. The molecule has 0 atom stereocenters. The maximum atomic E-state index is 12.3. The topological polar surface area (TPSA) is 88.4 Å². The van der Waals surface area contributed by atoms with Gasteiger partial charge in [-0.3, -0.25) is 9.67 Å². The normalized spacial score (nSPS) is 12.2. The van der Waals surface area contributed by atoms with Crippen LogP contribution in [0.25, 0.3) is 0 Å². The van der Waals surface area contributed by atoms with Crippen molar-refractivity contribution in [3.05, 3.63) is 47.2 Å². The third-order valence-corrected chi connectivity index (χ3v) is 5.74. The third-order valence-electron chi connectivity index (χ3n) is 3.48. The molecule has 9 heteroatoms. The summed E-state index contributed by atoms with van der Waals surface area (Å²) in [6.45, 7) is 1.82. The van der Waals surface area contributed by atoms with Crippen LogP contribution in [-0.2, 0) is 16.4 Å². The van der Waals surface area contributed by atoms with Gasteiger partial charge in [0, 0.05) is 43.5 Å². The van der Waals surface area contributed by atoms with Crippen LogP contribution >= 0.6 is 15.9 Å². The quantitative estimate of drug-likeness (QED) is 0.380. The van der Waals surface area contributed by atoms with Crippen molar-refractivity contribution in [2.24, 2.45) is 4.99 Å². The molecular weight excluding hydrogens is 406 g/mol. The van der Waals surface area contributed by atoms with Crippen molar-refractivity contribution >= 4 is 31.7 Å². The van der Waals surface area contributed by atoms with Gasteiger partial charge in [0.25, 0.3) is 0 Å². The lowest BCUT2D eigenvalue weighted by Crippen LogP contribution is -2.40. The fraction of sp³-hybridized carbons (Fsp3) is 0.375. The van der Waals surface area contributed by atoms with Gasteiger partial charge >= 0.3 is 0 Å². The third kappa shape index (κ3) is 6.50. The molecule has 2 N–H and O–H groups in total. The minimum Gasteiger partial charge on any atom is -0.356 e. The lowest BCUT2D eigenvalue weighted by Gasteiger charge is -2.12. The number of benzene rings is 1. The summed E-state index contributed by atoms with van der Waals surface area (Å²) >= 11 is 3.30. The van der Waals surface area contributed by atoms with Crippen LogP contribution in [0.3, 0.4) is 0 Å². The molecule has 2 rings (SSSR count). The zero-order chi connectivity index (χ0) is 18.1. The van der Waals surface area contributed by atoms with Crippen molar-refractivity contribution in [1.82, 2.24) is 20.4 Å². The molecule has 2 aromatic rings. The molecule has 1 aromatic carbocycles. The fourth-order valence-corrected chi connectivity index (χ4v) is 3.59. The molecule has 0 unspecified atom stereocenters. The first-order valence-corrected chi connectivity index (χ1v) is 10.4. The molecule has 0 amide bonds. The van der Waals surface area contributed by atoms with E-state index < -0.39 is 9.84 Å². The minimum atomic E-state index is -3.31. The van der Waals surface area contributed by atoms with Gasteiger partial charge in [0.1, 0.15) is 0 Å². The van der Waals surface area contributed by atoms with Crippen molar-refractivity contribution in [2.75, 3.05) is 25.9 Å². The van der Waals surface area contributed by atoms with Crippen LogP contribution in [0.4, 0.5) is 0 Å². The highest BCUT2D eigenvalue weighted by atomic mass is 79.9. The molecule has 0 spiro atoms. The molecule has 0 bridgehead atoms. The van der Waals surface area contributed by atoms with Crippen LogP contribution in [-0.4, -0.2) is 50.0 Å². The van der Waals surface area contributed by atoms with Crippen molar-refractivity contribution in [3.8, 4) is 0 Å². The van der Waals surface area contributed by atoms with Crippen LogP contribution in [0, 0.1) is 0 Å². The van der Waals surface area contributed by atoms with E-state index in [9.17, 15) is 8.42 Å². The number of rotatable bonds is 8. The fourth-order valence-electron chi connectivity index (χ4n) is 2.16. The Morgan fingerprint density at radius 1 is 1.24 bits per heavy atom. The molecular formula is C16H22BrN5O2S. The number of guanidine groups is 1. The molecule has 0 aliphatic heterocycles. The zero-order valence-electron chi connectivity index (χ0n) is 14.0. The summed E-state index contributed by atoms with van der Waals surface area (Å²) in [5, 5.41) is 10.3. The minimum absolute atomic E-state index is 0.00260. The predicted octanol–water partition coefficient (Wildman–Crippen LogP) is 1.67. The Hall–Kier alpha value is -1.87. The first-order valence-electron chi connectivity index (χ1n) is 7.91. The van der Waals surface area contributed by atoms with Crippen LogP contribution in [0.2, 0.25) is 0 Å². The summed E-state index contributed by atoms with van der Waals surface area (Å²) < 4.78 is 27.3. The molecule has 0 saturated heterocycles. The Morgan fingerprint density at radius 3 is 2.60 bits per heavy atom. The van der Waals surface area contributed by atoms with E-state index >= 15 is 0 Å². The Balaban J connectivity index is 1.72. The molecule has 1 heterocycles. The zero-order valence-corrected chi connectivity index (χ0v) is 16.4. The van der Waals surface area contributed by atoms with Gasteiger partial charge < -0.3 is 10.6 Å². The Bertz CT molecular complexity index is 773. The van der Waals surface area contributed by atoms with Crippen LogP contribution < -0.4 is 10.6 Å². The molecule has 136 valence electrons. The number of aryl methyl sites for hydroxylation is 1. The van der Waals surface area contributed by atoms with E-state index in [4.69, 9.17) is 0 Å². The number of hydrogen-bond acceptors (Lipinski definition) is 4. The molecule has 0 radical (unpaired) electrons. The van der Waals surface area contributed by atoms with Crippen molar-refractivity contribution in [3.63, 3.8) is 0 Å². The van der Waals surface area contributed by atoms with Gasteiger partial charge in [-0.1, -0.05) is 15.9 Å². The Kier molecular flexibility index (Phi) is 7.45. The van der Waals surface area contributed by atoms with Crippen molar-refractivity contribution < 1.29 is 8.42 Å². The Labute approximate surface area is 156 Å². The summed E-state index contributed by atoms with van der Waals surface area (Å²) in [4.78, 5) is 4.42. The predicted molar refractivity (Wildman–Crippen MR) is 102 cm³/mol. The van der Waals surface area contributed by atoms with E-state index in [1.807, 2.05) is 16.9 Å². The van der Waals surface area contributed by atoms with Crippen molar-refractivity contribution in [2.45, 2.75) is 17.9 Å². The monoisotopic (exact) mass is 427 g/mol. The summed E-state index contributed by atoms with van der Waals surface area (Å²) in [5.41, 5.74) is 0. The maximum absolute atomic E-state index is 12.3. The van der Waals surface area contributed by atoms with E-state index in [0.717, 1.165) is 24.0 Å². The number of aliphatic imine (C=N–C) groups is 1. The first-order chi connectivity index (χ1) is 12.0. The highest BCUT2D eigenvalue weighted by molar-refractivity contribution is 9.10. The number of nitrogens with zero attached hydrogens (tertiary/aromatic N) is 3. The van der Waals surface area contributed by atoms with Gasteiger partial charge in [-0.25, -0.2) is 8.42 Å². The molecule has 1 aromatic heterocycles. The first kappa shape index (κ1) is 19.5. The largest absolute Gasteiger partial charge is 0.356 e. The smallest absolute Gasteiger partial charge is 0.191 e. The van der Waals surface area contributed by atoms with Crippen LogP contribution in [0.1, 0.15) is 6.42 Å². The summed E-state index contributed by atoms with van der Waals surface area (Å²) in [5.74, 6) is 0.592. The van der Waals surface area contributed by atoms with E-state index in [1.165, 1.54) is 0 Å². The number of hydrogen-bond donors (Lipinski definition) is 2. The highest BCUT2D eigenvalue weighted by Crippen LogP contribution is 2.15. The summed E-state index contributed by atoms with van der Waals surface area (Å²) in [6, 6.07) is 8.53. The number of sulfone groups is 1. The van der Waals surface area contributed by atoms with Crippen molar-refractivity contribution in [1.29, 1.82) is 0 Å². The molecule has 7 nitrogen and oxygen atoms in total. The molecule has 0 aliphatic carbocycles. The van der Waals surface area contributed by atoms with Gasteiger partial charge in [0.2, 0.25) is 0 Å². The van der Waals surface area contributed by atoms with Gasteiger partial charge in [-0.15, -0.1) is 0 Å². The van der Waals surface area contributed by atoms with E-state index in [1.54, 1.807) is 37.5 Å². The number of halogens is 1. The number of nitrogens with one attached hydrogen (secondary N) is 2. The van der Waals surface area contributed by atoms with Gasteiger partial charge in [-0.2, -0.15) is 5.10 Å². The van der Waals surface area contributed by atoms with E-state index in [2.05, 4.69) is 36.7 Å². The summed E-state index contributed by atoms with van der Waals surface area (Å²) in [6.07, 6.45) is 4.55. The lowest BCUT2D eigenvalue weighted by atomic mass is 10.4. The molecule has 25 heavy (non-hydrogen) atoms. The van der Waals surface area contributed by atoms with Gasteiger partial charge in [0.05, 0.1) is 10.6 Å². The second-order valence-electron chi connectivity index (χ2n) is 5.32. The number of aromatic nitrogens is 2. The van der Waals surface area contributed by atoms with Crippen LogP contribution in [0.15, 0.2) is 57.1 Å². The second-order valence-corrected chi connectivity index (χ2v) is 8.35. The molecule has 0 saturated carbocycles. The average molecular weight is 428 g/mol. The Morgan fingerprint density at radius 2 is 1.96 bits per heavy atom. The van der Waals surface area contributed by atoms with E-state index in [-0.39, 0.29) is 12.3 Å².